The lowest BCUT2D eigenvalue weighted by Gasteiger charge is -2.11. The summed E-state index contributed by atoms with van der Waals surface area (Å²) in [6.07, 6.45) is 9.71. The van der Waals surface area contributed by atoms with Crippen molar-refractivity contribution in [3.05, 3.63) is 0 Å². The van der Waals surface area contributed by atoms with Crippen molar-refractivity contribution in [2.75, 3.05) is 0 Å². The molecule has 1 heteroatoms. The van der Waals surface area contributed by atoms with Crippen LogP contribution in [0.25, 0.3) is 0 Å². The third-order valence-electron chi connectivity index (χ3n) is 2.35. The van der Waals surface area contributed by atoms with Crippen LogP contribution in [0.1, 0.15) is 65.7 Å². The van der Waals surface area contributed by atoms with E-state index in [1.807, 2.05) is 0 Å². The summed E-state index contributed by atoms with van der Waals surface area (Å²) in [4.78, 5) is 0.758. The van der Waals surface area contributed by atoms with Gasteiger partial charge in [0.25, 0.3) is 0 Å². The molecule has 1 unspecified atom stereocenters. The van der Waals surface area contributed by atoms with E-state index < -0.39 is 0 Å². The molecule has 0 aliphatic heterocycles. The van der Waals surface area contributed by atoms with Gasteiger partial charge in [0.15, 0.2) is 0 Å². The van der Waals surface area contributed by atoms with E-state index in [9.17, 15) is 0 Å². The first-order chi connectivity index (χ1) is 6.16. The van der Waals surface area contributed by atoms with Gasteiger partial charge in [0.05, 0.1) is 0 Å². The van der Waals surface area contributed by atoms with Gasteiger partial charge < -0.3 is 0 Å². The van der Waals surface area contributed by atoms with Crippen molar-refractivity contribution in [1.29, 1.82) is 0 Å². The molecule has 0 fully saturated rings. The molecule has 0 radical (unpaired) electrons. The van der Waals surface area contributed by atoms with Crippen LogP contribution in [-0.4, -0.2) is 4.83 Å². The molecule has 0 saturated heterocycles. The highest BCUT2D eigenvalue weighted by Crippen LogP contribution is 2.19. The fourth-order valence-electron chi connectivity index (χ4n) is 1.60. The summed E-state index contributed by atoms with van der Waals surface area (Å²) in [5.74, 6) is 0.833. The number of alkyl halides is 1. The average Bonchev–Trinajstić information content (AvgIpc) is 2.02. The number of hydrogen-bond donors (Lipinski definition) is 0. The molecule has 0 amide bonds. The minimum atomic E-state index is 0.758. The smallest absolute Gasteiger partial charge is 0.0148 e. The topological polar surface area (TPSA) is 0 Å². The van der Waals surface area contributed by atoms with Gasteiger partial charge in [-0.05, 0) is 18.8 Å². The van der Waals surface area contributed by atoms with Gasteiger partial charge in [-0.2, -0.15) is 0 Å². The summed E-state index contributed by atoms with van der Waals surface area (Å²) < 4.78 is 0. The van der Waals surface area contributed by atoms with Crippen molar-refractivity contribution < 1.29 is 0 Å². The highest BCUT2D eigenvalue weighted by atomic mass is 79.9. The molecule has 0 rings (SSSR count). The fourth-order valence-corrected chi connectivity index (χ4v) is 2.67. The summed E-state index contributed by atoms with van der Waals surface area (Å²) in [6, 6.07) is 0. The molecule has 0 saturated carbocycles. The van der Waals surface area contributed by atoms with Crippen LogP contribution in [-0.2, 0) is 0 Å². The summed E-state index contributed by atoms with van der Waals surface area (Å²) in [5, 5.41) is 0. The van der Waals surface area contributed by atoms with E-state index in [-0.39, 0.29) is 0 Å². The first-order valence-corrected chi connectivity index (χ1v) is 6.72. The Bertz CT molecular complexity index is 99.3. The largest absolute Gasteiger partial charge is 0.0891 e. The number of rotatable bonds is 8. The Labute approximate surface area is 92.6 Å². The van der Waals surface area contributed by atoms with Gasteiger partial charge in [0.2, 0.25) is 0 Å². The lowest BCUT2D eigenvalue weighted by molar-refractivity contribution is 0.526. The maximum absolute atomic E-state index is 3.75. The van der Waals surface area contributed by atoms with Crippen molar-refractivity contribution in [1.82, 2.24) is 0 Å². The minimum Gasteiger partial charge on any atom is -0.0891 e. The van der Waals surface area contributed by atoms with Gasteiger partial charge in [0, 0.05) is 4.83 Å². The molecule has 80 valence electrons. The molecule has 0 aromatic rings. The number of hydrogen-bond acceptors (Lipinski definition) is 0. The molecular formula is C12H25Br. The standard InChI is InChI=1S/C12H25Br/c1-4-5-6-7-8-9-12(13)10-11(2)3/h11-12H,4-10H2,1-3H3. The highest BCUT2D eigenvalue weighted by molar-refractivity contribution is 9.09. The normalized spacial score (nSPS) is 13.6. The van der Waals surface area contributed by atoms with E-state index in [1.165, 1.54) is 44.9 Å². The van der Waals surface area contributed by atoms with Crippen LogP contribution in [0.5, 0.6) is 0 Å². The van der Waals surface area contributed by atoms with Crippen LogP contribution in [0, 0.1) is 5.92 Å². The average molecular weight is 249 g/mol. The van der Waals surface area contributed by atoms with Crippen LogP contribution in [0.3, 0.4) is 0 Å². The third-order valence-corrected chi connectivity index (χ3v) is 3.18. The van der Waals surface area contributed by atoms with E-state index in [2.05, 4.69) is 36.7 Å². The molecule has 0 nitrogen and oxygen atoms in total. The fraction of sp³-hybridized carbons (Fsp3) is 1.00. The Hall–Kier alpha value is 0.480. The predicted octanol–water partition coefficient (Wildman–Crippen LogP) is 5.16. The Balaban J connectivity index is 3.12. The number of unbranched alkanes of at least 4 members (excludes halogenated alkanes) is 4. The Morgan fingerprint density at radius 2 is 1.62 bits per heavy atom. The SMILES string of the molecule is CCCCCCCC(Br)CC(C)C. The molecule has 0 spiro atoms. The lowest BCUT2D eigenvalue weighted by Crippen LogP contribution is -2.02. The summed E-state index contributed by atoms with van der Waals surface area (Å²) in [5.41, 5.74) is 0. The van der Waals surface area contributed by atoms with Crippen LogP contribution < -0.4 is 0 Å². The van der Waals surface area contributed by atoms with Crippen molar-refractivity contribution in [2.45, 2.75) is 70.5 Å². The Kier molecular flexibility index (Phi) is 9.39. The van der Waals surface area contributed by atoms with E-state index in [0.29, 0.717) is 0 Å². The molecular weight excluding hydrogens is 224 g/mol. The molecule has 13 heavy (non-hydrogen) atoms. The van der Waals surface area contributed by atoms with E-state index in [0.717, 1.165) is 10.7 Å². The maximum Gasteiger partial charge on any atom is 0.0148 e. The van der Waals surface area contributed by atoms with Crippen LogP contribution in [0.4, 0.5) is 0 Å². The second-order valence-corrected chi connectivity index (χ2v) is 5.72. The molecule has 0 aromatic carbocycles. The molecule has 1 atom stereocenters. The molecule has 0 aliphatic carbocycles. The Morgan fingerprint density at radius 3 is 2.15 bits per heavy atom. The lowest BCUT2D eigenvalue weighted by atomic mass is 10.0. The van der Waals surface area contributed by atoms with Gasteiger partial charge in [-0.1, -0.05) is 68.8 Å². The second kappa shape index (κ2) is 9.05. The molecule has 0 heterocycles. The van der Waals surface area contributed by atoms with E-state index in [4.69, 9.17) is 0 Å². The maximum atomic E-state index is 3.75. The predicted molar refractivity (Wildman–Crippen MR) is 65.5 cm³/mol. The zero-order valence-corrected chi connectivity index (χ0v) is 11.1. The van der Waals surface area contributed by atoms with Gasteiger partial charge in [-0.15, -0.1) is 0 Å². The molecule has 0 aliphatic rings. The quantitative estimate of drug-likeness (QED) is 0.412. The van der Waals surface area contributed by atoms with Crippen LogP contribution in [0.2, 0.25) is 0 Å². The summed E-state index contributed by atoms with van der Waals surface area (Å²) >= 11 is 3.75. The highest BCUT2D eigenvalue weighted by Gasteiger charge is 2.05. The monoisotopic (exact) mass is 248 g/mol. The third kappa shape index (κ3) is 10.4. The second-order valence-electron chi connectivity index (χ2n) is 4.43. The van der Waals surface area contributed by atoms with Gasteiger partial charge in [0.1, 0.15) is 0 Å². The minimum absolute atomic E-state index is 0.758. The molecule has 0 aromatic heterocycles. The van der Waals surface area contributed by atoms with Gasteiger partial charge in [-0.25, -0.2) is 0 Å². The first kappa shape index (κ1) is 13.5. The number of halogens is 1. The van der Waals surface area contributed by atoms with E-state index >= 15 is 0 Å². The zero-order valence-electron chi connectivity index (χ0n) is 9.48. The summed E-state index contributed by atoms with van der Waals surface area (Å²) in [6.45, 7) is 6.86. The Morgan fingerprint density at radius 1 is 1.00 bits per heavy atom. The van der Waals surface area contributed by atoms with Crippen LogP contribution in [0.15, 0.2) is 0 Å². The van der Waals surface area contributed by atoms with Crippen molar-refractivity contribution >= 4 is 15.9 Å². The van der Waals surface area contributed by atoms with Gasteiger partial charge >= 0.3 is 0 Å². The molecule has 0 bridgehead atoms. The van der Waals surface area contributed by atoms with Gasteiger partial charge in [-0.3, -0.25) is 0 Å². The van der Waals surface area contributed by atoms with Crippen molar-refractivity contribution in [3.63, 3.8) is 0 Å². The van der Waals surface area contributed by atoms with Crippen molar-refractivity contribution in [2.24, 2.45) is 5.92 Å². The summed E-state index contributed by atoms with van der Waals surface area (Å²) in [7, 11) is 0. The molecule has 0 N–H and O–H groups in total. The van der Waals surface area contributed by atoms with Crippen LogP contribution >= 0.6 is 15.9 Å². The first-order valence-electron chi connectivity index (χ1n) is 5.80. The van der Waals surface area contributed by atoms with E-state index in [1.54, 1.807) is 0 Å². The van der Waals surface area contributed by atoms with Crippen molar-refractivity contribution in [3.8, 4) is 0 Å². The zero-order chi connectivity index (χ0) is 10.1.